The van der Waals surface area contributed by atoms with Crippen LogP contribution in [0.5, 0.6) is 0 Å². The van der Waals surface area contributed by atoms with Crippen molar-refractivity contribution < 1.29 is 14.6 Å². The second kappa shape index (κ2) is 10.7. The fraction of sp³-hybridized carbons (Fsp3) is 0.360. The Balaban J connectivity index is 1.45. The SMILES string of the molecule is CCC(O)CCc1ccc2c(/C(N)=C/N(N)c3ccc(C(=O)N4CCOCC4)cc3)n[nH]c2c1. The maximum Gasteiger partial charge on any atom is 0.254 e. The van der Waals surface area contributed by atoms with E-state index in [2.05, 4.69) is 10.2 Å². The maximum atomic E-state index is 12.6. The summed E-state index contributed by atoms with van der Waals surface area (Å²) in [6.45, 7) is 4.31. The summed E-state index contributed by atoms with van der Waals surface area (Å²) in [4.78, 5) is 14.4. The Morgan fingerprint density at radius 1 is 1.26 bits per heavy atom. The number of aliphatic hydroxyl groups is 1. The Labute approximate surface area is 198 Å². The van der Waals surface area contributed by atoms with Gasteiger partial charge in [0.05, 0.1) is 36.2 Å². The lowest BCUT2D eigenvalue weighted by atomic mass is 10.0. The number of H-pyrrole nitrogens is 1. The van der Waals surface area contributed by atoms with E-state index < -0.39 is 0 Å². The number of nitrogens with one attached hydrogen (secondary N) is 1. The highest BCUT2D eigenvalue weighted by atomic mass is 16.5. The minimum atomic E-state index is -0.284. The smallest absolute Gasteiger partial charge is 0.254 e. The molecule has 34 heavy (non-hydrogen) atoms. The lowest BCUT2D eigenvalue weighted by Crippen LogP contribution is -2.40. The zero-order valence-electron chi connectivity index (χ0n) is 19.4. The second-order valence-electron chi connectivity index (χ2n) is 8.50. The monoisotopic (exact) mass is 464 g/mol. The van der Waals surface area contributed by atoms with Crippen LogP contribution in [0.25, 0.3) is 16.6 Å². The molecule has 1 saturated heterocycles. The summed E-state index contributed by atoms with van der Waals surface area (Å²) in [6, 6.07) is 13.1. The number of rotatable bonds is 8. The molecule has 1 aliphatic rings. The summed E-state index contributed by atoms with van der Waals surface area (Å²) < 4.78 is 5.31. The van der Waals surface area contributed by atoms with Gasteiger partial charge in [0.1, 0.15) is 5.69 Å². The molecular formula is C25H32N6O3. The molecule has 1 atom stereocenters. The van der Waals surface area contributed by atoms with Crippen molar-refractivity contribution in [2.45, 2.75) is 32.3 Å². The molecule has 3 aromatic rings. The van der Waals surface area contributed by atoms with Crippen LogP contribution in [0.1, 0.15) is 41.4 Å². The van der Waals surface area contributed by atoms with Crippen LogP contribution in [-0.4, -0.2) is 58.5 Å². The van der Waals surface area contributed by atoms with Gasteiger partial charge in [0, 0.05) is 30.2 Å². The Hall–Kier alpha value is -3.40. The molecule has 9 heteroatoms. The largest absolute Gasteiger partial charge is 0.396 e. The highest BCUT2D eigenvalue weighted by molar-refractivity contribution is 5.95. The highest BCUT2D eigenvalue weighted by Gasteiger charge is 2.18. The van der Waals surface area contributed by atoms with E-state index in [0.29, 0.717) is 48.9 Å². The Kier molecular flexibility index (Phi) is 7.46. The van der Waals surface area contributed by atoms with Crippen LogP contribution in [-0.2, 0) is 11.2 Å². The van der Waals surface area contributed by atoms with Crippen molar-refractivity contribution >= 4 is 28.2 Å². The van der Waals surface area contributed by atoms with Crippen LogP contribution >= 0.6 is 0 Å². The standard InChI is InChI=1S/C25H32N6O3/c1-2-20(32)9-3-17-4-10-21-23(15-17)28-29-24(21)22(26)16-31(27)19-7-5-18(6-8-19)25(33)30-11-13-34-14-12-30/h4-8,10,15-16,20,32H,2-3,9,11-14,26-27H2,1H3,(H,28,29)/b22-16-. The van der Waals surface area contributed by atoms with Crippen LogP contribution in [0.4, 0.5) is 5.69 Å². The first-order chi connectivity index (χ1) is 16.5. The number of nitrogens with two attached hydrogens (primary N) is 2. The van der Waals surface area contributed by atoms with Gasteiger partial charge in [0.2, 0.25) is 0 Å². The quantitative estimate of drug-likeness (QED) is 0.297. The van der Waals surface area contributed by atoms with Gasteiger partial charge in [-0.05, 0) is 55.2 Å². The second-order valence-corrected chi connectivity index (χ2v) is 8.50. The first-order valence-corrected chi connectivity index (χ1v) is 11.6. The number of aliphatic hydroxyl groups excluding tert-OH is 1. The lowest BCUT2D eigenvalue weighted by molar-refractivity contribution is 0.0303. The summed E-state index contributed by atoms with van der Waals surface area (Å²) in [6.07, 6.45) is 3.60. The van der Waals surface area contributed by atoms with E-state index in [1.807, 2.05) is 25.1 Å². The third-order valence-corrected chi connectivity index (χ3v) is 6.13. The number of carbonyl (C=O) groups excluding carboxylic acids is 1. The number of aromatic amines is 1. The Morgan fingerprint density at radius 3 is 2.71 bits per heavy atom. The van der Waals surface area contributed by atoms with E-state index in [1.165, 1.54) is 5.01 Å². The predicted octanol–water partition coefficient (Wildman–Crippen LogP) is 2.38. The number of anilines is 1. The number of morpholine rings is 1. The number of carbonyl (C=O) groups is 1. The van der Waals surface area contributed by atoms with E-state index in [-0.39, 0.29) is 12.0 Å². The third-order valence-electron chi connectivity index (χ3n) is 6.13. The zero-order chi connectivity index (χ0) is 24.1. The fourth-order valence-corrected chi connectivity index (χ4v) is 3.99. The number of hydrogen-bond donors (Lipinski definition) is 4. The molecule has 1 amide bonds. The lowest BCUT2D eigenvalue weighted by Gasteiger charge is -2.27. The molecule has 180 valence electrons. The predicted molar refractivity (Wildman–Crippen MR) is 133 cm³/mol. The highest BCUT2D eigenvalue weighted by Crippen LogP contribution is 2.23. The van der Waals surface area contributed by atoms with Gasteiger partial charge < -0.3 is 20.5 Å². The number of ether oxygens (including phenoxy) is 1. The van der Waals surface area contributed by atoms with E-state index in [0.717, 1.165) is 35.7 Å². The Morgan fingerprint density at radius 2 is 2.00 bits per heavy atom. The van der Waals surface area contributed by atoms with Gasteiger partial charge in [-0.1, -0.05) is 19.1 Å². The molecule has 0 aliphatic carbocycles. The van der Waals surface area contributed by atoms with E-state index in [4.69, 9.17) is 16.3 Å². The first kappa shape index (κ1) is 23.7. The molecule has 4 rings (SSSR count). The van der Waals surface area contributed by atoms with Crippen LogP contribution in [0.3, 0.4) is 0 Å². The van der Waals surface area contributed by atoms with Crippen LogP contribution < -0.4 is 16.6 Å². The number of benzene rings is 2. The summed E-state index contributed by atoms with van der Waals surface area (Å²) >= 11 is 0. The molecule has 0 bridgehead atoms. The molecule has 2 heterocycles. The van der Waals surface area contributed by atoms with E-state index in [1.54, 1.807) is 35.4 Å². The summed E-state index contributed by atoms with van der Waals surface area (Å²) in [5, 5.41) is 19.5. The van der Waals surface area contributed by atoms with Crippen molar-refractivity contribution in [1.82, 2.24) is 15.1 Å². The van der Waals surface area contributed by atoms with E-state index in [9.17, 15) is 9.90 Å². The molecular weight excluding hydrogens is 432 g/mol. The van der Waals surface area contributed by atoms with E-state index >= 15 is 0 Å². The molecule has 1 aliphatic heterocycles. The molecule has 2 aromatic carbocycles. The minimum absolute atomic E-state index is 0.0138. The first-order valence-electron chi connectivity index (χ1n) is 11.6. The number of hydrazine groups is 1. The zero-order valence-corrected chi connectivity index (χ0v) is 19.4. The number of aromatic nitrogens is 2. The van der Waals surface area contributed by atoms with Crippen molar-refractivity contribution in [3.63, 3.8) is 0 Å². The molecule has 6 N–H and O–H groups in total. The Bertz CT molecular complexity index is 1150. The number of fused-ring (bicyclic) bond motifs is 1. The average Bonchev–Trinajstić information content (AvgIpc) is 3.31. The van der Waals surface area contributed by atoms with Gasteiger partial charge in [0.15, 0.2) is 0 Å². The van der Waals surface area contributed by atoms with Gasteiger partial charge in [-0.2, -0.15) is 5.10 Å². The molecule has 1 fully saturated rings. The van der Waals surface area contributed by atoms with Gasteiger partial charge in [-0.25, -0.2) is 5.84 Å². The van der Waals surface area contributed by atoms with Crippen molar-refractivity contribution in [3.05, 3.63) is 65.5 Å². The molecule has 0 spiro atoms. The minimum Gasteiger partial charge on any atom is -0.396 e. The number of aryl methyl sites for hydroxylation is 1. The maximum absolute atomic E-state index is 12.6. The number of hydrogen-bond acceptors (Lipinski definition) is 7. The average molecular weight is 465 g/mol. The molecule has 9 nitrogen and oxygen atoms in total. The number of nitrogens with zero attached hydrogens (tertiary/aromatic N) is 3. The molecule has 0 radical (unpaired) electrons. The summed E-state index contributed by atoms with van der Waals surface area (Å²) in [7, 11) is 0. The normalized spacial score (nSPS) is 15.5. The van der Waals surface area contributed by atoms with Crippen molar-refractivity contribution in [1.29, 1.82) is 0 Å². The van der Waals surface area contributed by atoms with Crippen molar-refractivity contribution in [2.75, 3.05) is 31.3 Å². The summed E-state index contributed by atoms with van der Waals surface area (Å²) in [5.74, 6) is 6.21. The van der Waals surface area contributed by atoms with Gasteiger partial charge in [-0.3, -0.25) is 14.9 Å². The topological polar surface area (TPSA) is 134 Å². The number of amides is 1. The molecule has 1 unspecified atom stereocenters. The van der Waals surface area contributed by atoms with Gasteiger partial charge >= 0.3 is 0 Å². The van der Waals surface area contributed by atoms with Crippen molar-refractivity contribution in [3.8, 4) is 0 Å². The molecule has 1 aromatic heterocycles. The van der Waals surface area contributed by atoms with Gasteiger partial charge in [-0.15, -0.1) is 0 Å². The van der Waals surface area contributed by atoms with Crippen LogP contribution in [0, 0.1) is 0 Å². The van der Waals surface area contributed by atoms with Gasteiger partial charge in [0.25, 0.3) is 5.91 Å². The van der Waals surface area contributed by atoms with Crippen molar-refractivity contribution in [2.24, 2.45) is 11.6 Å². The fourth-order valence-electron chi connectivity index (χ4n) is 3.99. The van der Waals surface area contributed by atoms with Crippen LogP contribution in [0.2, 0.25) is 0 Å². The van der Waals surface area contributed by atoms with Crippen LogP contribution in [0.15, 0.2) is 48.7 Å². The summed E-state index contributed by atoms with van der Waals surface area (Å²) in [5.41, 5.74) is 10.7. The molecule has 0 saturated carbocycles. The third kappa shape index (κ3) is 5.39.